The van der Waals surface area contributed by atoms with Crippen LogP contribution in [0.3, 0.4) is 0 Å². The van der Waals surface area contributed by atoms with Crippen molar-refractivity contribution in [1.82, 2.24) is 14.8 Å². The van der Waals surface area contributed by atoms with E-state index < -0.39 is 0 Å². The Kier molecular flexibility index (Phi) is 6.96. The first kappa shape index (κ1) is 20.0. The second-order valence-electron chi connectivity index (χ2n) is 7.84. The summed E-state index contributed by atoms with van der Waals surface area (Å²) in [5.41, 5.74) is 0.675. The van der Waals surface area contributed by atoms with Gasteiger partial charge in [0, 0.05) is 51.0 Å². The number of hydrogen-bond donors (Lipinski definition) is 0. The van der Waals surface area contributed by atoms with Crippen LogP contribution in [0.5, 0.6) is 0 Å². The fourth-order valence-electron chi connectivity index (χ4n) is 4.18. The first-order valence-corrected chi connectivity index (χ1v) is 10.2. The summed E-state index contributed by atoms with van der Waals surface area (Å²) in [5, 5.41) is 0. The molecule has 3 heterocycles. The molecule has 148 valence electrons. The van der Waals surface area contributed by atoms with E-state index in [0.717, 1.165) is 64.3 Å². The Balaban J connectivity index is 1.40. The van der Waals surface area contributed by atoms with Gasteiger partial charge in [0.15, 0.2) is 5.78 Å². The number of hydrogen-bond acceptors (Lipinski definition) is 6. The molecule has 0 saturated carbocycles. The molecular formula is C21H32N4O2. The highest BCUT2D eigenvalue weighted by atomic mass is 16.1. The van der Waals surface area contributed by atoms with Crippen LogP contribution in [0.1, 0.15) is 43.5 Å². The topological polar surface area (TPSA) is 56.8 Å². The van der Waals surface area contributed by atoms with Crippen molar-refractivity contribution in [3.05, 3.63) is 23.9 Å². The number of aldehydes is 1. The molecule has 1 aromatic heterocycles. The molecule has 0 spiro atoms. The maximum Gasteiger partial charge on any atom is 0.161 e. The van der Waals surface area contributed by atoms with Crippen molar-refractivity contribution in [1.29, 1.82) is 0 Å². The number of carbonyl (C=O) groups is 2. The Morgan fingerprint density at radius 3 is 2.63 bits per heavy atom. The van der Waals surface area contributed by atoms with E-state index in [0.29, 0.717) is 11.5 Å². The highest BCUT2D eigenvalue weighted by molar-refractivity contribution is 5.93. The molecular weight excluding hydrogens is 340 g/mol. The second-order valence-corrected chi connectivity index (χ2v) is 7.84. The molecule has 2 fully saturated rings. The van der Waals surface area contributed by atoms with Crippen LogP contribution in [0, 0.1) is 5.92 Å². The molecule has 6 heteroatoms. The number of anilines is 1. The molecule has 27 heavy (non-hydrogen) atoms. The third-order valence-corrected chi connectivity index (χ3v) is 6.07. The quantitative estimate of drug-likeness (QED) is 0.514. The van der Waals surface area contributed by atoms with Crippen LogP contribution >= 0.6 is 0 Å². The lowest BCUT2D eigenvalue weighted by molar-refractivity contribution is -0.113. The molecule has 2 saturated heterocycles. The van der Waals surface area contributed by atoms with Crippen molar-refractivity contribution in [2.24, 2.45) is 5.92 Å². The standard InChI is InChI=1S/C21H32N4O2/c1-3-20(16-26)24-12-10-23(11-13-24)8-6-18-7-9-25(15-18)21-5-4-19(14-22-21)17(2)27/h4-5,14,16,18,20H,3,6-13,15H2,1-2H3. The smallest absolute Gasteiger partial charge is 0.161 e. The Morgan fingerprint density at radius 1 is 1.26 bits per heavy atom. The molecule has 0 N–H and O–H groups in total. The van der Waals surface area contributed by atoms with Crippen molar-refractivity contribution >= 4 is 17.9 Å². The Labute approximate surface area is 162 Å². The molecule has 3 rings (SSSR count). The zero-order valence-corrected chi connectivity index (χ0v) is 16.6. The average Bonchev–Trinajstić information content (AvgIpc) is 3.17. The summed E-state index contributed by atoms with van der Waals surface area (Å²) in [6, 6.07) is 3.94. The lowest BCUT2D eigenvalue weighted by Crippen LogP contribution is -2.50. The first-order chi connectivity index (χ1) is 13.1. The van der Waals surface area contributed by atoms with Crippen LogP contribution in [0.15, 0.2) is 18.3 Å². The molecule has 2 aliphatic rings. The van der Waals surface area contributed by atoms with E-state index in [2.05, 4.69) is 26.6 Å². The SMILES string of the molecule is CCC(C=O)N1CCN(CCC2CCN(c3ccc(C(C)=O)cn3)C2)CC1. The van der Waals surface area contributed by atoms with Crippen molar-refractivity contribution < 1.29 is 9.59 Å². The van der Waals surface area contributed by atoms with E-state index in [-0.39, 0.29) is 11.8 Å². The number of nitrogens with zero attached hydrogens (tertiary/aromatic N) is 4. The Morgan fingerprint density at radius 2 is 2.04 bits per heavy atom. The summed E-state index contributed by atoms with van der Waals surface area (Å²) in [6.07, 6.45) is 6.11. The number of carbonyl (C=O) groups excluding carboxylic acids is 2. The summed E-state index contributed by atoms with van der Waals surface area (Å²) in [5.74, 6) is 1.75. The molecule has 2 aliphatic heterocycles. The highest BCUT2D eigenvalue weighted by Gasteiger charge is 2.26. The van der Waals surface area contributed by atoms with Gasteiger partial charge in [0.2, 0.25) is 0 Å². The largest absolute Gasteiger partial charge is 0.356 e. The van der Waals surface area contributed by atoms with E-state index in [1.807, 2.05) is 12.1 Å². The number of rotatable bonds is 8. The fourth-order valence-corrected chi connectivity index (χ4v) is 4.18. The van der Waals surface area contributed by atoms with Gasteiger partial charge in [-0.05, 0) is 50.8 Å². The number of Topliss-reactive ketones (excluding diaryl/α,β-unsaturated/α-hetero) is 1. The average molecular weight is 373 g/mol. The van der Waals surface area contributed by atoms with Crippen molar-refractivity contribution in [2.45, 2.75) is 39.2 Å². The van der Waals surface area contributed by atoms with Crippen LogP contribution in [0.2, 0.25) is 0 Å². The monoisotopic (exact) mass is 372 g/mol. The van der Waals surface area contributed by atoms with E-state index >= 15 is 0 Å². The van der Waals surface area contributed by atoms with Crippen LogP contribution < -0.4 is 4.90 Å². The van der Waals surface area contributed by atoms with Crippen LogP contribution in [-0.4, -0.2) is 78.7 Å². The van der Waals surface area contributed by atoms with Gasteiger partial charge in [-0.25, -0.2) is 4.98 Å². The van der Waals surface area contributed by atoms with Gasteiger partial charge in [0.1, 0.15) is 12.1 Å². The van der Waals surface area contributed by atoms with Crippen molar-refractivity contribution in [2.75, 3.05) is 50.7 Å². The predicted molar refractivity (Wildman–Crippen MR) is 107 cm³/mol. The van der Waals surface area contributed by atoms with Gasteiger partial charge in [0.25, 0.3) is 0 Å². The third-order valence-electron chi connectivity index (χ3n) is 6.07. The third kappa shape index (κ3) is 5.14. The van der Waals surface area contributed by atoms with Gasteiger partial charge in [-0.2, -0.15) is 0 Å². The minimum absolute atomic E-state index is 0.0619. The van der Waals surface area contributed by atoms with E-state index in [1.54, 1.807) is 13.1 Å². The molecule has 0 amide bonds. The summed E-state index contributed by atoms with van der Waals surface area (Å²) in [4.78, 5) is 34.2. The predicted octanol–water partition coefficient (Wildman–Crippen LogP) is 2.10. The molecule has 6 nitrogen and oxygen atoms in total. The van der Waals surface area contributed by atoms with Gasteiger partial charge >= 0.3 is 0 Å². The Bertz CT molecular complexity index is 626. The molecule has 0 radical (unpaired) electrons. The summed E-state index contributed by atoms with van der Waals surface area (Å²) < 4.78 is 0. The summed E-state index contributed by atoms with van der Waals surface area (Å²) >= 11 is 0. The zero-order chi connectivity index (χ0) is 19.2. The van der Waals surface area contributed by atoms with Gasteiger partial charge in [-0.3, -0.25) is 9.69 Å². The highest BCUT2D eigenvalue weighted by Crippen LogP contribution is 2.25. The normalized spacial score (nSPS) is 22.7. The maximum absolute atomic E-state index is 11.4. The van der Waals surface area contributed by atoms with Gasteiger partial charge < -0.3 is 14.6 Å². The Hall–Kier alpha value is -1.79. The van der Waals surface area contributed by atoms with Gasteiger partial charge in [-0.15, -0.1) is 0 Å². The molecule has 2 atom stereocenters. The van der Waals surface area contributed by atoms with Crippen LogP contribution in [0.4, 0.5) is 5.82 Å². The van der Waals surface area contributed by atoms with Gasteiger partial charge in [-0.1, -0.05) is 6.92 Å². The van der Waals surface area contributed by atoms with Crippen LogP contribution in [0.25, 0.3) is 0 Å². The molecule has 0 bridgehead atoms. The number of piperazine rings is 1. The maximum atomic E-state index is 11.4. The van der Waals surface area contributed by atoms with E-state index in [1.165, 1.54) is 12.8 Å². The summed E-state index contributed by atoms with van der Waals surface area (Å²) in [7, 11) is 0. The molecule has 0 aromatic carbocycles. The fraction of sp³-hybridized carbons (Fsp3) is 0.667. The molecule has 1 aromatic rings. The van der Waals surface area contributed by atoms with Crippen LogP contribution in [-0.2, 0) is 4.79 Å². The number of ketones is 1. The summed E-state index contributed by atoms with van der Waals surface area (Å²) in [6.45, 7) is 11.0. The molecule has 0 aliphatic carbocycles. The van der Waals surface area contributed by atoms with E-state index in [9.17, 15) is 9.59 Å². The second kappa shape index (κ2) is 9.42. The van der Waals surface area contributed by atoms with Crippen molar-refractivity contribution in [3.63, 3.8) is 0 Å². The number of aromatic nitrogens is 1. The number of pyridine rings is 1. The molecule has 2 unspecified atom stereocenters. The van der Waals surface area contributed by atoms with Crippen molar-refractivity contribution in [3.8, 4) is 0 Å². The minimum atomic E-state index is 0.0619. The minimum Gasteiger partial charge on any atom is -0.356 e. The first-order valence-electron chi connectivity index (χ1n) is 10.2. The van der Waals surface area contributed by atoms with Gasteiger partial charge in [0.05, 0.1) is 6.04 Å². The van der Waals surface area contributed by atoms with E-state index in [4.69, 9.17) is 0 Å². The zero-order valence-electron chi connectivity index (χ0n) is 16.6. The lowest BCUT2D eigenvalue weighted by Gasteiger charge is -2.37. The lowest BCUT2D eigenvalue weighted by atomic mass is 10.0.